The minimum Gasteiger partial charge on any atom is -0.480 e. The van der Waals surface area contributed by atoms with Gasteiger partial charge in [-0.3, -0.25) is 4.79 Å². The first-order chi connectivity index (χ1) is 8.04. The molecule has 1 aromatic rings. The first-order valence-corrected chi connectivity index (χ1v) is 5.35. The van der Waals surface area contributed by atoms with E-state index in [1.165, 1.54) is 25.6 Å². The molecule has 0 saturated heterocycles. The molecule has 1 unspecified atom stereocenters. The van der Waals surface area contributed by atoms with Crippen LogP contribution >= 0.6 is 0 Å². The lowest BCUT2D eigenvalue weighted by Crippen LogP contribution is -2.54. The van der Waals surface area contributed by atoms with E-state index in [4.69, 9.17) is 0 Å². The van der Waals surface area contributed by atoms with E-state index in [1.54, 1.807) is 0 Å². The zero-order valence-electron chi connectivity index (χ0n) is 9.38. The number of carbonyl (C=O) groups is 2. The second-order valence-corrected chi connectivity index (χ2v) is 4.36. The molecule has 1 aliphatic carbocycles. The molecule has 6 nitrogen and oxygen atoms in total. The summed E-state index contributed by atoms with van der Waals surface area (Å²) >= 11 is 0. The summed E-state index contributed by atoms with van der Waals surface area (Å²) < 4.78 is 0. The van der Waals surface area contributed by atoms with Gasteiger partial charge in [0.15, 0.2) is 0 Å². The van der Waals surface area contributed by atoms with Gasteiger partial charge in [-0.05, 0) is 25.7 Å². The van der Waals surface area contributed by atoms with Gasteiger partial charge in [-0.1, -0.05) is 0 Å². The molecule has 1 aromatic heterocycles. The van der Waals surface area contributed by atoms with E-state index >= 15 is 0 Å². The molecular weight excluding hydrogens is 222 g/mol. The third-order valence-corrected chi connectivity index (χ3v) is 3.03. The van der Waals surface area contributed by atoms with Crippen molar-refractivity contribution >= 4 is 11.9 Å². The Hall–Kier alpha value is -1.98. The molecule has 6 heteroatoms. The molecule has 0 aliphatic heterocycles. The van der Waals surface area contributed by atoms with Gasteiger partial charge in [0.1, 0.15) is 11.9 Å². The molecule has 0 aromatic carbocycles. The summed E-state index contributed by atoms with van der Waals surface area (Å²) in [6.45, 7) is 1.54. The maximum Gasteiger partial charge on any atom is 0.329 e. The van der Waals surface area contributed by atoms with Gasteiger partial charge in [0, 0.05) is 12.4 Å². The van der Waals surface area contributed by atoms with E-state index in [0.717, 1.165) is 12.8 Å². The number of carbonyl (C=O) groups excluding carboxylic acids is 1. The van der Waals surface area contributed by atoms with Gasteiger partial charge in [0.25, 0.3) is 5.91 Å². The average molecular weight is 235 g/mol. The van der Waals surface area contributed by atoms with E-state index in [2.05, 4.69) is 15.3 Å². The topological polar surface area (TPSA) is 92.2 Å². The predicted molar refractivity (Wildman–Crippen MR) is 58.3 cm³/mol. The van der Waals surface area contributed by atoms with Crippen LogP contribution in [0.5, 0.6) is 0 Å². The summed E-state index contributed by atoms with van der Waals surface area (Å²) in [5.74, 6) is -1.46. The minimum absolute atomic E-state index is 0.00795. The number of aromatic nitrogens is 2. The standard InChI is InChI=1S/C11H13N3O3/c1-11(10(16)17,8-2-3-8)14-9(15)7-4-12-6-13-5-7/h4-6,8H,2-3H2,1H3,(H,14,15)(H,16,17). The molecule has 1 aliphatic rings. The van der Waals surface area contributed by atoms with Crippen molar-refractivity contribution in [2.75, 3.05) is 0 Å². The van der Waals surface area contributed by atoms with Crippen molar-refractivity contribution in [1.29, 1.82) is 0 Å². The van der Waals surface area contributed by atoms with Crippen LogP contribution in [0.2, 0.25) is 0 Å². The number of rotatable bonds is 4. The first-order valence-electron chi connectivity index (χ1n) is 5.35. The highest BCUT2D eigenvalue weighted by Gasteiger charge is 2.48. The zero-order valence-corrected chi connectivity index (χ0v) is 9.38. The molecule has 1 fully saturated rings. The minimum atomic E-state index is -1.20. The highest BCUT2D eigenvalue weighted by Crippen LogP contribution is 2.39. The van der Waals surface area contributed by atoms with Crippen molar-refractivity contribution in [2.24, 2.45) is 5.92 Å². The second kappa shape index (κ2) is 4.12. The molecule has 0 radical (unpaired) electrons. The summed E-state index contributed by atoms with van der Waals surface area (Å²) in [7, 11) is 0. The van der Waals surface area contributed by atoms with Crippen LogP contribution in [-0.4, -0.2) is 32.5 Å². The fourth-order valence-corrected chi connectivity index (χ4v) is 1.72. The lowest BCUT2D eigenvalue weighted by molar-refractivity contribution is -0.144. The van der Waals surface area contributed by atoms with Crippen LogP contribution in [0.1, 0.15) is 30.1 Å². The van der Waals surface area contributed by atoms with Crippen molar-refractivity contribution in [1.82, 2.24) is 15.3 Å². The fraction of sp³-hybridized carbons (Fsp3) is 0.455. The Bertz CT molecular complexity index is 445. The van der Waals surface area contributed by atoms with Crippen LogP contribution in [0.15, 0.2) is 18.7 Å². The van der Waals surface area contributed by atoms with E-state index < -0.39 is 17.4 Å². The number of hydrogen-bond donors (Lipinski definition) is 2. The molecule has 90 valence electrons. The Balaban J connectivity index is 2.14. The van der Waals surface area contributed by atoms with Crippen LogP contribution in [0.3, 0.4) is 0 Å². The SMILES string of the molecule is CC(NC(=O)c1cncnc1)(C(=O)O)C1CC1. The van der Waals surface area contributed by atoms with Gasteiger partial charge < -0.3 is 10.4 Å². The number of carboxylic acids is 1. The third kappa shape index (κ3) is 2.25. The third-order valence-electron chi connectivity index (χ3n) is 3.03. The molecule has 2 N–H and O–H groups in total. The maximum atomic E-state index is 11.8. The summed E-state index contributed by atoms with van der Waals surface area (Å²) in [5, 5.41) is 11.7. The summed E-state index contributed by atoms with van der Waals surface area (Å²) in [6, 6.07) is 0. The summed E-state index contributed by atoms with van der Waals surface area (Å²) in [6.07, 6.45) is 5.69. The molecule has 0 bridgehead atoms. The Morgan fingerprint density at radius 3 is 2.47 bits per heavy atom. The zero-order chi connectivity index (χ0) is 12.5. The molecule has 2 rings (SSSR count). The number of carboxylic acid groups (broad SMARTS) is 1. The number of hydrogen-bond acceptors (Lipinski definition) is 4. The van der Waals surface area contributed by atoms with E-state index in [0.29, 0.717) is 0 Å². The number of nitrogens with one attached hydrogen (secondary N) is 1. The number of aliphatic carboxylic acids is 1. The largest absolute Gasteiger partial charge is 0.480 e. The monoisotopic (exact) mass is 235 g/mol. The van der Waals surface area contributed by atoms with Crippen LogP contribution in [0.4, 0.5) is 0 Å². The highest BCUT2D eigenvalue weighted by molar-refractivity contribution is 5.97. The van der Waals surface area contributed by atoms with Gasteiger partial charge in [-0.2, -0.15) is 0 Å². The number of amides is 1. The van der Waals surface area contributed by atoms with Crippen molar-refractivity contribution in [3.63, 3.8) is 0 Å². The molecule has 1 saturated carbocycles. The van der Waals surface area contributed by atoms with Crippen molar-refractivity contribution in [3.8, 4) is 0 Å². The van der Waals surface area contributed by atoms with Gasteiger partial charge >= 0.3 is 5.97 Å². The highest BCUT2D eigenvalue weighted by atomic mass is 16.4. The second-order valence-electron chi connectivity index (χ2n) is 4.36. The lowest BCUT2D eigenvalue weighted by atomic mass is 9.95. The van der Waals surface area contributed by atoms with E-state index in [9.17, 15) is 14.7 Å². The molecule has 1 amide bonds. The van der Waals surface area contributed by atoms with Gasteiger partial charge in [0.2, 0.25) is 0 Å². The Labute approximate surface area is 98.1 Å². The first kappa shape index (κ1) is 11.5. The summed E-state index contributed by atoms with van der Waals surface area (Å²) in [5.41, 5.74) is -0.937. The number of nitrogens with zero attached hydrogens (tertiary/aromatic N) is 2. The average Bonchev–Trinajstić information content (AvgIpc) is 3.13. The van der Waals surface area contributed by atoms with Gasteiger partial charge in [-0.25, -0.2) is 14.8 Å². The Morgan fingerprint density at radius 2 is 2.00 bits per heavy atom. The summed E-state index contributed by atoms with van der Waals surface area (Å²) in [4.78, 5) is 30.5. The lowest BCUT2D eigenvalue weighted by Gasteiger charge is -2.25. The van der Waals surface area contributed by atoms with Gasteiger partial charge in [0.05, 0.1) is 5.56 Å². The maximum absolute atomic E-state index is 11.8. The van der Waals surface area contributed by atoms with Crippen molar-refractivity contribution < 1.29 is 14.7 Å². The molecule has 17 heavy (non-hydrogen) atoms. The quantitative estimate of drug-likeness (QED) is 0.790. The van der Waals surface area contributed by atoms with Crippen LogP contribution in [0, 0.1) is 5.92 Å². The van der Waals surface area contributed by atoms with Crippen molar-refractivity contribution in [2.45, 2.75) is 25.3 Å². The molecule has 1 atom stereocenters. The van der Waals surface area contributed by atoms with Gasteiger partial charge in [-0.15, -0.1) is 0 Å². The fourth-order valence-electron chi connectivity index (χ4n) is 1.72. The van der Waals surface area contributed by atoms with E-state index in [1.807, 2.05) is 0 Å². The molecule has 0 spiro atoms. The van der Waals surface area contributed by atoms with Crippen LogP contribution in [-0.2, 0) is 4.79 Å². The normalized spacial score (nSPS) is 18.2. The molecular formula is C11H13N3O3. The predicted octanol–water partition coefficient (Wildman–Crippen LogP) is 0.460. The van der Waals surface area contributed by atoms with Crippen LogP contribution in [0.25, 0.3) is 0 Å². The smallest absolute Gasteiger partial charge is 0.329 e. The van der Waals surface area contributed by atoms with Crippen LogP contribution < -0.4 is 5.32 Å². The Morgan fingerprint density at radius 1 is 1.41 bits per heavy atom. The Kier molecular flexibility index (Phi) is 2.79. The molecule has 1 heterocycles. The van der Waals surface area contributed by atoms with E-state index in [-0.39, 0.29) is 11.5 Å². The van der Waals surface area contributed by atoms with Crippen molar-refractivity contribution in [3.05, 3.63) is 24.3 Å².